The first-order valence-corrected chi connectivity index (χ1v) is 11.3. The summed E-state index contributed by atoms with van der Waals surface area (Å²) in [6, 6.07) is 0. The fourth-order valence-corrected chi connectivity index (χ4v) is 10.6. The van der Waals surface area contributed by atoms with Crippen molar-refractivity contribution in [3.8, 4) is 0 Å². The van der Waals surface area contributed by atoms with Crippen molar-refractivity contribution >= 4 is 7.92 Å². The highest BCUT2D eigenvalue weighted by Crippen LogP contribution is 2.70. The van der Waals surface area contributed by atoms with Gasteiger partial charge in [-0.25, -0.2) is 0 Å². The summed E-state index contributed by atoms with van der Waals surface area (Å²) in [6.45, 7) is 0. The zero-order valence-electron chi connectivity index (χ0n) is 13.2. The highest BCUT2D eigenvalue weighted by atomic mass is 31.1. The van der Waals surface area contributed by atoms with Gasteiger partial charge in [0.05, 0.1) is 0 Å². The third-order valence-electron chi connectivity index (χ3n) is 6.88. The van der Waals surface area contributed by atoms with E-state index in [1.54, 1.807) is 77.0 Å². The second kappa shape index (κ2) is 6.28. The van der Waals surface area contributed by atoms with E-state index < -0.39 is 0 Å². The molecule has 0 aromatic carbocycles. The van der Waals surface area contributed by atoms with Gasteiger partial charge in [0.15, 0.2) is 0 Å². The van der Waals surface area contributed by atoms with Gasteiger partial charge in [-0.05, 0) is 80.2 Å². The maximum atomic E-state index is 1.65. The largest absolute Gasteiger partial charge is 0.0966 e. The molecule has 0 spiro atoms. The lowest BCUT2D eigenvalue weighted by Gasteiger charge is -2.38. The molecule has 0 aromatic heterocycles. The monoisotopic (exact) mass is 292 g/mol. The van der Waals surface area contributed by atoms with E-state index >= 15 is 0 Å². The van der Waals surface area contributed by atoms with E-state index in [2.05, 4.69) is 0 Å². The van der Waals surface area contributed by atoms with Crippen molar-refractivity contribution in [3.05, 3.63) is 0 Å². The number of rotatable bonds is 3. The van der Waals surface area contributed by atoms with E-state index in [9.17, 15) is 0 Å². The summed E-state index contributed by atoms with van der Waals surface area (Å²) in [4.78, 5) is 0. The van der Waals surface area contributed by atoms with Crippen molar-refractivity contribution in [1.29, 1.82) is 0 Å². The minimum Gasteiger partial charge on any atom is -0.0966 e. The molecule has 1 heterocycles. The molecule has 0 amide bonds. The Kier molecular flexibility index (Phi) is 4.41. The fourth-order valence-electron chi connectivity index (χ4n) is 5.80. The van der Waals surface area contributed by atoms with Crippen LogP contribution in [-0.4, -0.2) is 17.0 Å². The molecule has 20 heavy (non-hydrogen) atoms. The number of hydrogen-bond donors (Lipinski definition) is 0. The normalized spacial score (nSPS) is 41.1. The quantitative estimate of drug-likeness (QED) is 0.534. The second-order valence-electron chi connectivity index (χ2n) is 8.19. The van der Waals surface area contributed by atoms with Crippen molar-refractivity contribution in [1.82, 2.24) is 0 Å². The van der Waals surface area contributed by atoms with Gasteiger partial charge in [-0.3, -0.25) is 0 Å². The van der Waals surface area contributed by atoms with Crippen LogP contribution in [0.1, 0.15) is 89.9 Å². The standard InChI is InChI=1S/C19H33P/c1-3-7-15(8-4-1)18-13-14-19(20(18)17-11-12-17)16-9-5-2-6-10-16/h15-19H,1-14H2. The van der Waals surface area contributed by atoms with Gasteiger partial charge in [-0.2, -0.15) is 0 Å². The van der Waals surface area contributed by atoms with Crippen LogP contribution in [0.4, 0.5) is 0 Å². The molecule has 2 atom stereocenters. The molecule has 4 fully saturated rings. The SMILES string of the molecule is C1CCC(C2CCC(C3CCCCC3)P2C2CC2)CC1. The number of hydrogen-bond acceptors (Lipinski definition) is 0. The molecule has 0 radical (unpaired) electrons. The summed E-state index contributed by atoms with van der Waals surface area (Å²) in [6.07, 6.45) is 22.3. The van der Waals surface area contributed by atoms with Crippen LogP contribution < -0.4 is 0 Å². The first kappa shape index (κ1) is 14.0. The van der Waals surface area contributed by atoms with Gasteiger partial charge in [0.2, 0.25) is 0 Å². The fraction of sp³-hybridized carbons (Fsp3) is 1.00. The van der Waals surface area contributed by atoms with E-state index in [-0.39, 0.29) is 0 Å². The predicted octanol–water partition coefficient (Wildman–Crippen LogP) is 6.32. The molecule has 4 rings (SSSR count). The zero-order valence-corrected chi connectivity index (χ0v) is 14.1. The Labute approximate surface area is 127 Å². The summed E-state index contributed by atoms with van der Waals surface area (Å²) in [5.74, 6) is 2.34. The van der Waals surface area contributed by atoms with Crippen molar-refractivity contribution in [3.63, 3.8) is 0 Å². The topological polar surface area (TPSA) is 0 Å². The molecule has 1 aliphatic heterocycles. The van der Waals surface area contributed by atoms with Crippen molar-refractivity contribution in [2.75, 3.05) is 0 Å². The molecule has 1 heteroatoms. The molecule has 114 valence electrons. The van der Waals surface area contributed by atoms with Gasteiger partial charge in [0.25, 0.3) is 0 Å². The van der Waals surface area contributed by atoms with Crippen molar-refractivity contribution < 1.29 is 0 Å². The van der Waals surface area contributed by atoms with E-state index in [1.807, 2.05) is 0 Å². The lowest BCUT2D eigenvalue weighted by Crippen LogP contribution is -2.24. The summed E-state index contributed by atoms with van der Waals surface area (Å²) < 4.78 is 0. The van der Waals surface area contributed by atoms with Crippen LogP contribution in [0.3, 0.4) is 0 Å². The van der Waals surface area contributed by atoms with Crippen LogP contribution in [-0.2, 0) is 0 Å². The molecule has 0 bridgehead atoms. The van der Waals surface area contributed by atoms with Gasteiger partial charge in [0, 0.05) is 0 Å². The average Bonchev–Trinajstić information content (AvgIpc) is 3.27. The summed E-state index contributed by atoms with van der Waals surface area (Å²) in [7, 11) is 0.434. The Morgan fingerprint density at radius 1 is 0.450 bits per heavy atom. The van der Waals surface area contributed by atoms with E-state index in [0.717, 1.165) is 0 Å². The molecule has 0 nitrogen and oxygen atoms in total. The van der Waals surface area contributed by atoms with Gasteiger partial charge in [0.1, 0.15) is 0 Å². The lowest BCUT2D eigenvalue weighted by atomic mass is 9.83. The molecule has 1 saturated heterocycles. The molecular formula is C19H33P. The van der Waals surface area contributed by atoms with Gasteiger partial charge >= 0.3 is 0 Å². The minimum atomic E-state index is 0.434. The maximum absolute atomic E-state index is 1.65. The second-order valence-corrected chi connectivity index (χ2v) is 11.1. The lowest BCUT2D eigenvalue weighted by molar-refractivity contribution is 0.332. The summed E-state index contributed by atoms with van der Waals surface area (Å²) in [5.41, 5.74) is 3.70. The van der Waals surface area contributed by atoms with Gasteiger partial charge in [-0.15, -0.1) is 0 Å². The Morgan fingerprint density at radius 2 is 0.900 bits per heavy atom. The van der Waals surface area contributed by atoms with Crippen molar-refractivity contribution in [2.24, 2.45) is 11.8 Å². The molecule has 4 aliphatic rings. The van der Waals surface area contributed by atoms with E-state index in [4.69, 9.17) is 0 Å². The van der Waals surface area contributed by atoms with Crippen LogP contribution >= 0.6 is 7.92 Å². The molecule has 0 N–H and O–H groups in total. The van der Waals surface area contributed by atoms with Crippen molar-refractivity contribution in [2.45, 2.75) is 107 Å². The molecule has 3 aliphatic carbocycles. The first-order valence-electron chi connectivity index (χ1n) is 9.71. The predicted molar refractivity (Wildman–Crippen MR) is 89.9 cm³/mol. The smallest absolute Gasteiger partial charge is 0.0176 e. The Morgan fingerprint density at radius 3 is 1.30 bits per heavy atom. The molecule has 3 saturated carbocycles. The van der Waals surface area contributed by atoms with E-state index in [1.165, 1.54) is 41.7 Å². The third-order valence-corrected chi connectivity index (χ3v) is 11.1. The van der Waals surface area contributed by atoms with Crippen LogP contribution in [0, 0.1) is 11.8 Å². The Bertz CT molecular complexity index is 284. The van der Waals surface area contributed by atoms with Gasteiger partial charge < -0.3 is 0 Å². The molecule has 2 unspecified atom stereocenters. The Hall–Kier alpha value is 0.430. The van der Waals surface area contributed by atoms with Crippen LogP contribution in [0.2, 0.25) is 0 Å². The van der Waals surface area contributed by atoms with E-state index in [0.29, 0.717) is 7.92 Å². The van der Waals surface area contributed by atoms with Crippen LogP contribution in [0.25, 0.3) is 0 Å². The Balaban J connectivity index is 1.46. The summed E-state index contributed by atoms with van der Waals surface area (Å²) in [5, 5.41) is 0. The first-order chi connectivity index (χ1) is 9.93. The highest BCUT2D eigenvalue weighted by molar-refractivity contribution is 7.60. The summed E-state index contributed by atoms with van der Waals surface area (Å²) >= 11 is 0. The minimum absolute atomic E-state index is 0.434. The van der Waals surface area contributed by atoms with Crippen LogP contribution in [0.5, 0.6) is 0 Å². The average molecular weight is 292 g/mol. The van der Waals surface area contributed by atoms with Gasteiger partial charge in [-0.1, -0.05) is 46.4 Å². The molecular weight excluding hydrogens is 259 g/mol. The highest BCUT2D eigenvalue weighted by Gasteiger charge is 2.49. The maximum Gasteiger partial charge on any atom is -0.0176 e. The third kappa shape index (κ3) is 2.84. The molecule has 0 aromatic rings. The zero-order chi connectivity index (χ0) is 13.4. The van der Waals surface area contributed by atoms with Crippen LogP contribution in [0.15, 0.2) is 0 Å².